The van der Waals surface area contributed by atoms with Crippen molar-refractivity contribution >= 4 is 27.3 Å². The summed E-state index contributed by atoms with van der Waals surface area (Å²) in [5.41, 5.74) is 0.888. The predicted molar refractivity (Wildman–Crippen MR) is 75.8 cm³/mol. The zero-order valence-corrected chi connectivity index (χ0v) is 13.1. The highest BCUT2D eigenvalue weighted by molar-refractivity contribution is 7.88. The third kappa shape index (κ3) is 2.36. The van der Waals surface area contributed by atoms with Crippen molar-refractivity contribution in [2.75, 3.05) is 12.8 Å². The number of amides is 1. The standard InChI is InChI=1S/C12H17N3O3S2/c1-8-13-9(7-19-8)6-14-10-3-4-15(20(2,17)18)11(10)5-12(14)16/h7,10-11H,3-6H2,1-2H3/t10-,11+/m1/s1. The van der Waals surface area contributed by atoms with Gasteiger partial charge in [0.2, 0.25) is 15.9 Å². The van der Waals surface area contributed by atoms with Crippen LogP contribution in [0.3, 0.4) is 0 Å². The molecule has 6 nitrogen and oxygen atoms in total. The molecule has 0 unspecified atom stereocenters. The number of carbonyl (C=O) groups is 1. The van der Waals surface area contributed by atoms with Crippen LogP contribution in [0.4, 0.5) is 0 Å². The minimum atomic E-state index is -3.23. The molecule has 2 saturated heterocycles. The highest BCUT2D eigenvalue weighted by Gasteiger charge is 2.49. The van der Waals surface area contributed by atoms with E-state index in [0.29, 0.717) is 25.9 Å². The molecule has 0 aliphatic carbocycles. The van der Waals surface area contributed by atoms with Crippen molar-refractivity contribution < 1.29 is 13.2 Å². The minimum absolute atomic E-state index is 0.000712. The second-order valence-electron chi connectivity index (χ2n) is 5.38. The van der Waals surface area contributed by atoms with E-state index in [4.69, 9.17) is 0 Å². The van der Waals surface area contributed by atoms with Gasteiger partial charge in [-0.2, -0.15) is 4.31 Å². The fourth-order valence-electron chi connectivity index (χ4n) is 3.16. The van der Waals surface area contributed by atoms with Crippen molar-refractivity contribution in [3.8, 4) is 0 Å². The molecule has 0 radical (unpaired) electrons. The maximum Gasteiger partial charge on any atom is 0.224 e. The van der Waals surface area contributed by atoms with E-state index in [2.05, 4.69) is 4.98 Å². The summed E-state index contributed by atoms with van der Waals surface area (Å²) >= 11 is 1.56. The highest BCUT2D eigenvalue weighted by atomic mass is 32.2. The Bertz CT molecular complexity index is 640. The Kier molecular flexibility index (Phi) is 3.34. The van der Waals surface area contributed by atoms with Crippen molar-refractivity contribution in [3.05, 3.63) is 16.1 Å². The Balaban J connectivity index is 1.80. The summed E-state index contributed by atoms with van der Waals surface area (Å²) in [4.78, 5) is 18.3. The Hall–Kier alpha value is -0.990. The van der Waals surface area contributed by atoms with Gasteiger partial charge >= 0.3 is 0 Å². The molecule has 0 N–H and O–H groups in total. The predicted octanol–water partition coefficient (Wildman–Crippen LogP) is 0.586. The van der Waals surface area contributed by atoms with Crippen LogP contribution in [0, 0.1) is 6.92 Å². The number of fused-ring (bicyclic) bond motifs is 1. The van der Waals surface area contributed by atoms with Crippen molar-refractivity contribution in [3.63, 3.8) is 0 Å². The van der Waals surface area contributed by atoms with E-state index in [1.54, 1.807) is 16.2 Å². The van der Waals surface area contributed by atoms with E-state index in [0.717, 1.165) is 10.7 Å². The summed E-state index contributed by atoms with van der Waals surface area (Å²) in [5.74, 6) is 0.0269. The molecule has 8 heteroatoms. The average molecular weight is 315 g/mol. The van der Waals surface area contributed by atoms with E-state index in [1.807, 2.05) is 12.3 Å². The molecule has 1 amide bonds. The van der Waals surface area contributed by atoms with Gasteiger partial charge in [-0.1, -0.05) is 0 Å². The zero-order chi connectivity index (χ0) is 14.5. The van der Waals surface area contributed by atoms with Crippen LogP contribution in [0.5, 0.6) is 0 Å². The molecule has 0 bridgehead atoms. The van der Waals surface area contributed by atoms with E-state index >= 15 is 0 Å². The van der Waals surface area contributed by atoms with E-state index in [1.165, 1.54) is 10.6 Å². The smallest absolute Gasteiger partial charge is 0.224 e. The number of sulfonamides is 1. The summed E-state index contributed by atoms with van der Waals surface area (Å²) in [6.45, 7) is 2.93. The molecule has 1 aromatic heterocycles. The van der Waals surface area contributed by atoms with Gasteiger partial charge in [-0.25, -0.2) is 13.4 Å². The van der Waals surface area contributed by atoms with Crippen molar-refractivity contribution in [1.82, 2.24) is 14.2 Å². The zero-order valence-electron chi connectivity index (χ0n) is 11.4. The topological polar surface area (TPSA) is 70.6 Å². The van der Waals surface area contributed by atoms with Crippen LogP contribution in [0.15, 0.2) is 5.38 Å². The van der Waals surface area contributed by atoms with Crippen LogP contribution in [0.2, 0.25) is 0 Å². The van der Waals surface area contributed by atoms with Crippen molar-refractivity contribution in [2.45, 2.75) is 38.4 Å². The molecular formula is C12H17N3O3S2. The summed E-state index contributed by atoms with van der Waals surface area (Å²) in [7, 11) is -3.23. The van der Waals surface area contributed by atoms with Gasteiger partial charge in [0, 0.05) is 18.3 Å². The number of carbonyl (C=O) groups excluding carboxylic acids is 1. The third-order valence-electron chi connectivity index (χ3n) is 3.99. The summed E-state index contributed by atoms with van der Waals surface area (Å²) in [6, 6.07) is -0.198. The average Bonchev–Trinajstić information content (AvgIpc) is 2.97. The largest absolute Gasteiger partial charge is 0.332 e. The van der Waals surface area contributed by atoms with Crippen LogP contribution in [0.25, 0.3) is 0 Å². The second-order valence-corrected chi connectivity index (χ2v) is 8.38. The fraction of sp³-hybridized carbons (Fsp3) is 0.667. The van der Waals surface area contributed by atoms with Gasteiger partial charge in [0.05, 0.1) is 35.6 Å². The minimum Gasteiger partial charge on any atom is -0.332 e. The van der Waals surface area contributed by atoms with Crippen molar-refractivity contribution in [1.29, 1.82) is 0 Å². The normalized spacial score (nSPS) is 27.3. The monoisotopic (exact) mass is 315 g/mol. The Labute approximate surface area is 122 Å². The van der Waals surface area contributed by atoms with Crippen LogP contribution >= 0.6 is 11.3 Å². The molecule has 3 rings (SSSR count). The number of aromatic nitrogens is 1. The summed E-state index contributed by atoms with van der Waals surface area (Å²) < 4.78 is 24.9. The van der Waals surface area contributed by atoms with E-state index in [-0.39, 0.29) is 18.0 Å². The highest BCUT2D eigenvalue weighted by Crippen LogP contribution is 2.34. The molecular weight excluding hydrogens is 298 g/mol. The lowest BCUT2D eigenvalue weighted by atomic mass is 10.1. The quantitative estimate of drug-likeness (QED) is 0.818. The Morgan fingerprint density at radius 2 is 2.20 bits per heavy atom. The van der Waals surface area contributed by atoms with E-state index in [9.17, 15) is 13.2 Å². The molecule has 20 heavy (non-hydrogen) atoms. The molecule has 2 fully saturated rings. The first-order valence-electron chi connectivity index (χ1n) is 6.53. The first-order valence-corrected chi connectivity index (χ1v) is 9.26. The van der Waals surface area contributed by atoms with Crippen LogP contribution < -0.4 is 0 Å². The number of likely N-dealkylation sites (tertiary alicyclic amines) is 1. The molecule has 0 saturated carbocycles. The van der Waals surface area contributed by atoms with Crippen molar-refractivity contribution in [2.24, 2.45) is 0 Å². The lowest BCUT2D eigenvalue weighted by Gasteiger charge is -2.23. The van der Waals surface area contributed by atoms with Gasteiger partial charge in [-0.3, -0.25) is 4.79 Å². The number of nitrogens with zero attached hydrogens (tertiary/aromatic N) is 3. The third-order valence-corrected chi connectivity index (χ3v) is 6.12. The maximum atomic E-state index is 12.2. The van der Waals surface area contributed by atoms with Gasteiger partial charge in [-0.05, 0) is 13.3 Å². The maximum absolute atomic E-state index is 12.2. The number of hydrogen-bond donors (Lipinski definition) is 0. The second kappa shape index (κ2) is 4.78. The van der Waals surface area contributed by atoms with Gasteiger partial charge in [-0.15, -0.1) is 11.3 Å². The molecule has 1 aromatic rings. The number of rotatable bonds is 3. The number of thiazole rings is 1. The van der Waals surface area contributed by atoms with E-state index < -0.39 is 10.0 Å². The molecule has 2 atom stereocenters. The summed E-state index contributed by atoms with van der Waals surface area (Å²) in [5, 5.41) is 2.94. The Morgan fingerprint density at radius 1 is 1.45 bits per heavy atom. The first kappa shape index (κ1) is 14.0. The van der Waals surface area contributed by atoms with Gasteiger partial charge < -0.3 is 4.90 Å². The molecule has 110 valence electrons. The van der Waals surface area contributed by atoms with Crippen LogP contribution in [0.1, 0.15) is 23.5 Å². The number of hydrogen-bond acceptors (Lipinski definition) is 5. The van der Waals surface area contributed by atoms with Gasteiger partial charge in [0.25, 0.3) is 0 Å². The molecule has 0 spiro atoms. The Morgan fingerprint density at radius 3 is 2.80 bits per heavy atom. The molecule has 3 heterocycles. The number of aryl methyl sites for hydroxylation is 1. The van der Waals surface area contributed by atoms with Gasteiger partial charge in [0.1, 0.15) is 0 Å². The summed E-state index contributed by atoms with van der Waals surface area (Å²) in [6.07, 6.45) is 2.22. The van der Waals surface area contributed by atoms with Crippen LogP contribution in [-0.2, 0) is 21.4 Å². The SMILES string of the molecule is Cc1nc(CN2C(=O)C[C@H]3[C@H]2CCN3S(C)(=O)=O)cs1. The molecule has 2 aliphatic rings. The lowest BCUT2D eigenvalue weighted by molar-refractivity contribution is -0.129. The van der Waals surface area contributed by atoms with Crippen LogP contribution in [-0.4, -0.2) is 53.4 Å². The molecule has 2 aliphatic heterocycles. The fourth-order valence-corrected chi connectivity index (χ4v) is 4.91. The first-order chi connectivity index (χ1) is 9.36. The molecule has 0 aromatic carbocycles. The lowest BCUT2D eigenvalue weighted by Crippen LogP contribution is -2.39. The van der Waals surface area contributed by atoms with Gasteiger partial charge in [0.15, 0.2) is 0 Å².